The van der Waals surface area contributed by atoms with Crippen LogP contribution in [0.1, 0.15) is 39.3 Å². The number of nitrogens with zero attached hydrogens (tertiary/aromatic N) is 2. The van der Waals surface area contributed by atoms with Crippen LogP contribution in [0.25, 0.3) is 0 Å². The van der Waals surface area contributed by atoms with E-state index in [1.165, 1.54) is 6.07 Å². The van der Waals surface area contributed by atoms with Gasteiger partial charge in [0.1, 0.15) is 5.82 Å². The minimum atomic E-state index is -4.52. The van der Waals surface area contributed by atoms with E-state index in [2.05, 4.69) is 25.8 Å². The molecule has 1 aromatic heterocycles. The van der Waals surface area contributed by atoms with Crippen LogP contribution in [-0.4, -0.2) is 18.1 Å². The van der Waals surface area contributed by atoms with Gasteiger partial charge in [0.05, 0.1) is 5.02 Å². The van der Waals surface area contributed by atoms with Crippen molar-refractivity contribution in [2.24, 2.45) is 11.3 Å². The first-order valence-electron chi connectivity index (χ1n) is 7.08. The molecule has 1 aliphatic rings. The van der Waals surface area contributed by atoms with E-state index in [0.29, 0.717) is 11.7 Å². The molecule has 1 aliphatic heterocycles. The summed E-state index contributed by atoms with van der Waals surface area (Å²) < 4.78 is 38.5. The zero-order chi connectivity index (χ0) is 15.8. The van der Waals surface area contributed by atoms with Gasteiger partial charge in [-0.3, -0.25) is 0 Å². The van der Waals surface area contributed by atoms with Gasteiger partial charge in [0.2, 0.25) is 0 Å². The molecule has 2 nitrogen and oxygen atoms in total. The Morgan fingerprint density at radius 1 is 1.14 bits per heavy atom. The zero-order valence-electron chi connectivity index (χ0n) is 12.5. The van der Waals surface area contributed by atoms with E-state index < -0.39 is 11.9 Å². The fourth-order valence-corrected chi connectivity index (χ4v) is 2.99. The largest absolute Gasteiger partial charge is 0.434 e. The van der Waals surface area contributed by atoms with Gasteiger partial charge in [-0.1, -0.05) is 32.4 Å². The van der Waals surface area contributed by atoms with Crippen molar-refractivity contribution in [1.29, 1.82) is 0 Å². The van der Waals surface area contributed by atoms with E-state index in [1.807, 2.05) is 4.90 Å². The fourth-order valence-electron chi connectivity index (χ4n) is 2.78. The van der Waals surface area contributed by atoms with Gasteiger partial charge in [-0.2, -0.15) is 13.2 Å². The maximum absolute atomic E-state index is 12.8. The monoisotopic (exact) mass is 320 g/mol. The standard InChI is InChI=1S/C15H20ClF3N2/c1-14(2,3)10-6-8-21(9-7-10)12-5-4-11(16)13(20-12)15(17,18)19/h4-5,10H,6-9H2,1-3H3. The Balaban J connectivity index is 2.14. The highest BCUT2D eigenvalue weighted by Gasteiger charge is 2.36. The van der Waals surface area contributed by atoms with Crippen LogP contribution in [0.5, 0.6) is 0 Å². The van der Waals surface area contributed by atoms with Crippen molar-refractivity contribution in [3.63, 3.8) is 0 Å². The summed E-state index contributed by atoms with van der Waals surface area (Å²) in [5.74, 6) is 0.947. The van der Waals surface area contributed by atoms with Gasteiger partial charge in [0.25, 0.3) is 0 Å². The molecule has 118 valence electrons. The summed E-state index contributed by atoms with van der Waals surface area (Å²) in [5, 5.41) is -0.351. The van der Waals surface area contributed by atoms with Crippen LogP contribution in [0.4, 0.5) is 19.0 Å². The van der Waals surface area contributed by atoms with E-state index >= 15 is 0 Å². The molecule has 0 unspecified atom stereocenters. The lowest BCUT2D eigenvalue weighted by molar-refractivity contribution is -0.141. The minimum Gasteiger partial charge on any atom is -0.357 e. The Hall–Kier alpha value is -0.970. The third kappa shape index (κ3) is 3.82. The van der Waals surface area contributed by atoms with Crippen LogP contribution in [0.15, 0.2) is 12.1 Å². The van der Waals surface area contributed by atoms with Gasteiger partial charge in [-0.25, -0.2) is 4.98 Å². The zero-order valence-corrected chi connectivity index (χ0v) is 13.2. The highest BCUT2D eigenvalue weighted by Crippen LogP contribution is 2.37. The molecule has 0 aliphatic carbocycles. The second-order valence-electron chi connectivity index (χ2n) is 6.62. The Labute approximate surface area is 128 Å². The first kappa shape index (κ1) is 16.4. The Morgan fingerprint density at radius 3 is 2.19 bits per heavy atom. The fraction of sp³-hybridized carbons (Fsp3) is 0.667. The van der Waals surface area contributed by atoms with Crippen LogP contribution in [0.2, 0.25) is 5.02 Å². The number of anilines is 1. The van der Waals surface area contributed by atoms with Crippen LogP contribution in [-0.2, 0) is 6.18 Å². The smallest absolute Gasteiger partial charge is 0.357 e. The summed E-state index contributed by atoms with van der Waals surface area (Å²) in [6, 6.07) is 2.84. The van der Waals surface area contributed by atoms with Crippen molar-refractivity contribution >= 4 is 17.4 Å². The predicted octanol–water partition coefficient (Wildman–Crippen LogP) is 5.02. The maximum Gasteiger partial charge on any atom is 0.434 e. The van der Waals surface area contributed by atoms with Crippen molar-refractivity contribution in [2.45, 2.75) is 39.8 Å². The Bertz CT molecular complexity index is 501. The van der Waals surface area contributed by atoms with Crippen LogP contribution >= 0.6 is 11.6 Å². The molecule has 1 saturated heterocycles. The van der Waals surface area contributed by atoms with Gasteiger partial charge >= 0.3 is 6.18 Å². The molecule has 0 atom stereocenters. The van der Waals surface area contributed by atoms with Gasteiger partial charge in [0.15, 0.2) is 5.69 Å². The average Bonchev–Trinajstić information content (AvgIpc) is 2.37. The SMILES string of the molecule is CC(C)(C)C1CCN(c2ccc(Cl)c(C(F)(F)F)n2)CC1. The first-order valence-corrected chi connectivity index (χ1v) is 7.45. The Kier molecular flexibility index (Phi) is 4.43. The predicted molar refractivity (Wildman–Crippen MR) is 78.6 cm³/mol. The molecule has 0 aromatic carbocycles. The second kappa shape index (κ2) is 5.67. The van der Waals surface area contributed by atoms with E-state index in [0.717, 1.165) is 25.9 Å². The van der Waals surface area contributed by atoms with Crippen LogP contribution in [0, 0.1) is 11.3 Å². The van der Waals surface area contributed by atoms with E-state index in [1.54, 1.807) is 6.07 Å². The number of pyridine rings is 1. The summed E-state index contributed by atoms with van der Waals surface area (Å²) in [7, 11) is 0. The molecular weight excluding hydrogens is 301 g/mol. The molecule has 0 bridgehead atoms. The molecule has 21 heavy (non-hydrogen) atoms. The lowest BCUT2D eigenvalue weighted by Crippen LogP contribution is -2.38. The highest BCUT2D eigenvalue weighted by atomic mass is 35.5. The molecule has 0 saturated carbocycles. The van der Waals surface area contributed by atoms with Gasteiger partial charge < -0.3 is 4.90 Å². The van der Waals surface area contributed by atoms with Gasteiger partial charge in [-0.05, 0) is 36.3 Å². The Morgan fingerprint density at radius 2 is 1.71 bits per heavy atom. The number of piperidine rings is 1. The average molecular weight is 321 g/mol. The van der Waals surface area contributed by atoms with Crippen molar-refractivity contribution in [3.05, 3.63) is 22.8 Å². The van der Waals surface area contributed by atoms with Gasteiger partial charge in [-0.15, -0.1) is 0 Å². The van der Waals surface area contributed by atoms with Crippen molar-refractivity contribution < 1.29 is 13.2 Å². The van der Waals surface area contributed by atoms with Crippen LogP contribution < -0.4 is 4.90 Å². The molecule has 6 heteroatoms. The lowest BCUT2D eigenvalue weighted by Gasteiger charge is -2.39. The molecule has 2 heterocycles. The quantitative estimate of drug-likeness (QED) is 0.722. The van der Waals surface area contributed by atoms with Crippen LogP contribution in [0.3, 0.4) is 0 Å². The normalized spacial score (nSPS) is 18.1. The second-order valence-corrected chi connectivity index (χ2v) is 7.03. The molecule has 0 spiro atoms. The summed E-state index contributed by atoms with van der Waals surface area (Å²) in [6.45, 7) is 8.07. The highest BCUT2D eigenvalue weighted by molar-refractivity contribution is 6.31. The summed E-state index contributed by atoms with van der Waals surface area (Å²) in [6.07, 6.45) is -2.58. The third-order valence-electron chi connectivity index (χ3n) is 4.14. The van der Waals surface area contributed by atoms with E-state index in [4.69, 9.17) is 11.6 Å². The van der Waals surface area contributed by atoms with Gasteiger partial charge in [0, 0.05) is 13.1 Å². The minimum absolute atomic E-state index is 0.233. The number of aromatic nitrogens is 1. The van der Waals surface area contributed by atoms with E-state index in [9.17, 15) is 13.2 Å². The topological polar surface area (TPSA) is 16.1 Å². The number of alkyl halides is 3. The van der Waals surface area contributed by atoms with Crippen molar-refractivity contribution in [2.75, 3.05) is 18.0 Å². The summed E-state index contributed by atoms with van der Waals surface area (Å²) in [4.78, 5) is 5.63. The molecule has 0 N–H and O–H groups in total. The molecule has 0 amide bonds. The molecule has 1 fully saturated rings. The maximum atomic E-state index is 12.8. The molecule has 2 rings (SSSR count). The number of hydrogen-bond donors (Lipinski definition) is 0. The first-order chi connectivity index (χ1) is 9.59. The third-order valence-corrected chi connectivity index (χ3v) is 4.45. The van der Waals surface area contributed by atoms with Crippen molar-refractivity contribution in [3.8, 4) is 0 Å². The number of hydrogen-bond acceptors (Lipinski definition) is 2. The number of halogens is 4. The molecule has 1 aromatic rings. The summed E-state index contributed by atoms with van der Waals surface area (Å²) in [5.41, 5.74) is -0.768. The van der Waals surface area contributed by atoms with E-state index in [-0.39, 0.29) is 10.4 Å². The summed E-state index contributed by atoms with van der Waals surface area (Å²) >= 11 is 5.60. The lowest BCUT2D eigenvalue weighted by atomic mass is 9.75. The molecular formula is C15H20ClF3N2. The van der Waals surface area contributed by atoms with Crippen molar-refractivity contribution in [1.82, 2.24) is 4.98 Å². The number of rotatable bonds is 1. The molecule has 0 radical (unpaired) electrons.